The van der Waals surface area contributed by atoms with Gasteiger partial charge in [0.2, 0.25) is 0 Å². The second-order valence-corrected chi connectivity index (χ2v) is 9.48. The Morgan fingerprint density at radius 1 is 1.35 bits per heavy atom. The third kappa shape index (κ3) is 4.87. The molecular weight excluding hydrogens is 364 g/mol. The summed E-state index contributed by atoms with van der Waals surface area (Å²) in [6.45, 7) is 11.5. The van der Waals surface area contributed by atoms with Crippen molar-refractivity contribution in [2.45, 2.75) is 52.3 Å². The summed E-state index contributed by atoms with van der Waals surface area (Å²) in [6.07, 6.45) is 6.19. The van der Waals surface area contributed by atoms with Crippen molar-refractivity contribution in [3.05, 3.63) is 52.7 Å². The molecular formula is C21H25ClN2OS. The standard InChI is InChI=1S/C21H25ClN2OS/c1-7-8-17-10-9-15(2)24(14-17)18-11-12-20(22)19(13-18)16(3)23-26(25)21(4,5)6/h9-15H,1-6H3/t15-,26?/m1/s1. The maximum Gasteiger partial charge on any atom is 0.145 e. The van der Waals surface area contributed by atoms with Gasteiger partial charge in [-0.05, 0) is 65.8 Å². The molecule has 2 atom stereocenters. The third-order valence-corrected chi connectivity index (χ3v) is 5.74. The average Bonchev–Trinajstić information content (AvgIpc) is 2.56. The number of nitrogens with zero attached hydrogens (tertiary/aromatic N) is 2. The van der Waals surface area contributed by atoms with Gasteiger partial charge >= 0.3 is 0 Å². The van der Waals surface area contributed by atoms with E-state index in [-0.39, 0.29) is 6.04 Å². The SMILES string of the molecule is CC#CC1=CN(c2ccc(Cl)c(C(C)=NS(=O)C(C)(C)C)c2)[C@H](C)C=C1. The average molecular weight is 389 g/mol. The summed E-state index contributed by atoms with van der Waals surface area (Å²) in [7, 11) is -1.33. The van der Waals surface area contributed by atoms with Gasteiger partial charge in [0.25, 0.3) is 0 Å². The van der Waals surface area contributed by atoms with Crippen LogP contribution in [0.2, 0.25) is 5.02 Å². The van der Waals surface area contributed by atoms with Crippen LogP contribution in [0.25, 0.3) is 0 Å². The summed E-state index contributed by atoms with van der Waals surface area (Å²) in [5, 5.41) is 0.596. The van der Waals surface area contributed by atoms with Crippen LogP contribution in [0.3, 0.4) is 0 Å². The Bertz CT molecular complexity index is 866. The highest BCUT2D eigenvalue weighted by molar-refractivity contribution is 7.85. The van der Waals surface area contributed by atoms with Gasteiger partial charge in [0.15, 0.2) is 0 Å². The predicted molar refractivity (Wildman–Crippen MR) is 114 cm³/mol. The van der Waals surface area contributed by atoms with Gasteiger partial charge in [-0.25, -0.2) is 4.21 Å². The van der Waals surface area contributed by atoms with Gasteiger partial charge in [-0.3, -0.25) is 0 Å². The van der Waals surface area contributed by atoms with Crippen LogP contribution < -0.4 is 4.90 Å². The van der Waals surface area contributed by atoms with Crippen molar-refractivity contribution >= 4 is 34.0 Å². The highest BCUT2D eigenvalue weighted by Crippen LogP contribution is 2.28. The van der Waals surface area contributed by atoms with Crippen molar-refractivity contribution in [3.63, 3.8) is 0 Å². The molecule has 0 saturated heterocycles. The summed E-state index contributed by atoms with van der Waals surface area (Å²) in [5.74, 6) is 6.02. The van der Waals surface area contributed by atoms with E-state index < -0.39 is 15.7 Å². The lowest BCUT2D eigenvalue weighted by molar-refractivity contribution is 0.650. The molecule has 1 heterocycles. The van der Waals surface area contributed by atoms with E-state index in [1.54, 1.807) is 0 Å². The molecule has 1 aromatic rings. The molecule has 2 rings (SSSR count). The molecule has 1 aliphatic rings. The van der Waals surface area contributed by atoms with Crippen molar-refractivity contribution in [2.75, 3.05) is 4.90 Å². The molecule has 0 aromatic heterocycles. The molecule has 0 bridgehead atoms. The lowest BCUT2D eigenvalue weighted by Gasteiger charge is -2.29. The molecule has 26 heavy (non-hydrogen) atoms. The highest BCUT2D eigenvalue weighted by Gasteiger charge is 2.20. The Morgan fingerprint density at radius 3 is 2.65 bits per heavy atom. The van der Waals surface area contributed by atoms with Crippen LogP contribution in [0.5, 0.6) is 0 Å². The monoisotopic (exact) mass is 388 g/mol. The maximum atomic E-state index is 12.3. The smallest absolute Gasteiger partial charge is 0.145 e. The fourth-order valence-corrected chi connectivity index (χ4v) is 3.31. The minimum atomic E-state index is -1.33. The molecule has 5 heteroatoms. The maximum absolute atomic E-state index is 12.3. The lowest BCUT2D eigenvalue weighted by Crippen LogP contribution is -2.28. The molecule has 1 aromatic carbocycles. The lowest BCUT2D eigenvalue weighted by atomic mass is 10.1. The number of rotatable bonds is 3. The first kappa shape index (κ1) is 20.5. The Balaban J connectivity index is 2.44. The molecule has 138 valence electrons. The number of halogens is 1. The first-order valence-electron chi connectivity index (χ1n) is 8.52. The van der Waals surface area contributed by atoms with Crippen LogP contribution in [0, 0.1) is 11.8 Å². The Kier molecular flexibility index (Phi) is 6.49. The quantitative estimate of drug-likeness (QED) is 0.521. The zero-order valence-corrected chi connectivity index (χ0v) is 17.7. The van der Waals surface area contributed by atoms with Crippen molar-refractivity contribution in [2.24, 2.45) is 4.40 Å². The van der Waals surface area contributed by atoms with E-state index in [1.807, 2.05) is 65.1 Å². The Morgan fingerprint density at radius 2 is 2.04 bits per heavy atom. The van der Waals surface area contributed by atoms with Gasteiger partial charge < -0.3 is 4.90 Å². The molecule has 0 amide bonds. The van der Waals surface area contributed by atoms with E-state index >= 15 is 0 Å². The van der Waals surface area contributed by atoms with Gasteiger partial charge in [-0.2, -0.15) is 4.40 Å². The molecule has 0 spiro atoms. The molecule has 1 aliphatic heterocycles. The highest BCUT2D eigenvalue weighted by atomic mass is 35.5. The fraction of sp³-hybridized carbons (Fsp3) is 0.381. The van der Waals surface area contributed by atoms with Crippen molar-refractivity contribution in [3.8, 4) is 11.8 Å². The normalized spacial score (nSPS) is 18.9. The Labute approximate surface area is 164 Å². The van der Waals surface area contributed by atoms with E-state index in [0.29, 0.717) is 10.7 Å². The minimum absolute atomic E-state index is 0.201. The van der Waals surface area contributed by atoms with Gasteiger partial charge in [-0.1, -0.05) is 23.6 Å². The van der Waals surface area contributed by atoms with Gasteiger partial charge in [0.05, 0.1) is 10.5 Å². The zero-order valence-electron chi connectivity index (χ0n) is 16.1. The van der Waals surface area contributed by atoms with Crippen LogP contribution in [-0.4, -0.2) is 20.7 Å². The summed E-state index contributed by atoms with van der Waals surface area (Å²) in [4.78, 5) is 2.15. The fourth-order valence-electron chi connectivity index (χ4n) is 2.44. The Hall–Kier alpha value is -1.83. The van der Waals surface area contributed by atoms with Crippen LogP contribution in [-0.2, 0) is 11.0 Å². The minimum Gasteiger partial charge on any atom is -0.340 e. The third-order valence-electron chi connectivity index (χ3n) is 3.92. The van der Waals surface area contributed by atoms with E-state index in [0.717, 1.165) is 16.8 Å². The second-order valence-electron chi connectivity index (χ2n) is 7.17. The van der Waals surface area contributed by atoms with Crippen LogP contribution in [0.4, 0.5) is 5.69 Å². The molecule has 0 radical (unpaired) electrons. The molecule has 3 nitrogen and oxygen atoms in total. The molecule has 0 saturated carbocycles. The van der Waals surface area contributed by atoms with Crippen LogP contribution in [0.1, 0.15) is 47.1 Å². The van der Waals surface area contributed by atoms with E-state index in [4.69, 9.17) is 11.6 Å². The topological polar surface area (TPSA) is 32.7 Å². The second kappa shape index (κ2) is 8.24. The van der Waals surface area contributed by atoms with Crippen molar-refractivity contribution in [1.29, 1.82) is 0 Å². The van der Waals surface area contributed by atoms with Crippen molar-refractivity contribution in [1.82, 2.24) is 0 Å². The van der Waals surface area contributed by atoms with E-state index in [9.17, 15) is 4.21 Å². The predicted octanol–water partition coefficient (Wildman–Crippen LogP) is 5.28. The number of hydrogen-bond donors (Lipinski definition) is 0. The molecule has 1 unspecified atom stereocenters. The largest absolute Gasteiger partial charge is 0.340 e. The van der Waals surface area contributed by atoms with Gasteiger partial charge in [0.1, 0.15) is 11.0 Å². The zero-order chi connectivity index (χ0) is 19.5. The van der Waals surface area contributed by atoms with Crippen LogP contribution >= 0.6 is 11.6 Å². The summed E-state index contributed by atoms with van der Waals surface area (Å²) in [5.41, 5.74) is 3.41. The molecule has 0 aliphatic carbocycles. The molecule has 0 fully saturated rings. The van der Waals surface area contributed by atoms with E-state index in [1.165, 1.54) is 0 Å². The van der Waals surface area contributed by atoms with Crippen molar-refractivity contribution < 1.29 is 4.21 Å². The van der Waals surface area contributed by atoms with E-state index in [2.05, 4.69) is 34.1 Å². The number of anilines is 1. The summed E-state index contributed by atoms with van der Waals surface area (Å²) >= 11 is 6.39. The van der Waals surface area contributed by atoms with Crippen LogP contribution in [0.15, 0.2) is 46.5 Å². The number of hydrogen-bond acceptors (Lipinski definition) is 2. The summed E-state index contributed by atoms with van der Waals surface area (Å²) in [6, 6.07) is 6.02. The van der Waals surface area contributed by atoms with Gasteiger partial charge in [0, 0.05) is 34.1 Å². The first-order chi connectivity index (χ1) is 12.1. The summed E-state index contributed by atoms with van der Waals surface area (Å²) < 4.78 is 16.3. The number of benzene rings is 1. The first-order valence-corrected chi connectivity index (χ1v) is 10.0. The number of allylic oxidation sites excluding steroid dienone is 2. The van der Waals surface area contributed by atoms with Gasteiger partial charge in [-0.15, -0.1) is 5.92 Å². The molecule has 0 N–H and O–H groups in total.